The van der Waals surface area contributed by atoms with Crippen LogP contribution < -0.4 is 34.9 Å². The maximum Gasteiger partial charge on any atom is 1.00 e. The Hall–Kier alpha value is 0.650. The van der Waals surface area contributed by atoms with Gasteiger partial charge in [0.1, 0.15) is 0 Å². The minimum absolute atomic E-state index is 0. The van der Waals surface area contributed by atoms with Crippen LogP contribution in [0, 0.1) is 11.8 Å². The third kappa shape index (κ3) is 7.08. The average Bonchev–Trinajstić information content (AvgIpc) is 2.51. The van der Waals surface area contributed by atoms with E-state index < -0.39 is 0 Å². The predicted octanol–water partition coefficient (Wildman–Crippen LogP) is 2.45. The van der Waals surface area contributed by atoms with Gasteiger partial charge in [-0.05, 0) is 17.1 Å². The first kappa shape index (κ1) is 18.7. The van der Waals surface area contributed by atoms with Gasteiger partial charge in [0.2, 0.25) is 0 Å². The number of rotatable bonds is 1. The zero-order valence-corrected chi connectivity index (χ0v) is 16.3. The quantitative estimate of drug-likeness (QED) is 0.552. The van der Waals surface area contributed by atoms with E-state index in [0.717, 1.165) is 11.8 Å². The van der Waals surface area contributed by atoms with Gasteiger partial charge in [0.05, 0.1) is 0 Å². The van der Waals surface area contributed by atoms with Crippen LogP contribution in [0.1, 0.15) is 65.6 Å². The fourth-order valence-electron chi connectivity index (χ4n) is 3.66. The van der Waals surface area contributed by atoms with Crippen molar-refractivity contribution in [2.75, 3.05) is 0 Å². The first-order valence-electron chi connectivity index (χ1n) is 8.17. The number of hydrogen-bond donors (Lipinski definition) is 0. The molecule has 0 spiro atoms. The van der Waals surface area contributed by atoms with Crippen molar-refractivity contribution in [1.82, 2.24) is 0 Å². The molecular formula is C18H30NaP. The summed E-state index contributed by atoms with van der Waals surface area (Å²) in [7, 11) is 2.63. The van der Waals surface area contributed by atoms with Gasteiger partial charge in [-0.3, -0.25) is 0 Å². The van der Waals surface area contributed by atoms with Crippen LogP contribution in [0.15, 0.2) is 30.3 Å². The van der Waals surface area contributed by atoms with Gasteiger partial charge in [-0.1, -0.05) is 94.5 Å². The summed E-state index contributed by atoms with van der Waals surface area (Å²) in [5.74, 6) is 2.28. The van der Waals surface area contributed by atoms with Crippen LogP contribution in [0.3, 0.4) is 0 Å². The van der Waals surface area contributed by atoms with Crippen molar-refractivity contribution in [3.8, 4) is 0 Å². The summed E-state index contributed by atoms with van der Waals surface area (Å²) in [5, 5.41) is 1.24. The van der Waals surface area contributed by atoms with Gasteiger partial charge in [-0.2, -0.15) is 0 Å². The van der Waals surface area contributed by atoms with Crippen molar-refractivity contribution < 1.29 is 31.0 Å². The molecule has 2 aliphatic carbocycles. The molecule has 108 valence electrons. The molecule has 1 unspecified atom stereocenters. The largest absolute Gasteiger partial charge is 1.00 e. The molecule has 20 heavy (non-hydrogen) atoms. The molecule has 0 N–H and O–H groups in total. The fraction of sp³-hybridized carbons (Fsp3) is 0.667. The normalized spacial score (nSPS) is 20.4. The Balaban J connectivity index is 0.000000389. The third-order valence-corrected chi connectivity index (χ3v) is 5.15. The van der Waals surface area contributed by atoms with E-state index >= 15 is 0 Å². The van der Waals surface area contributed by atoms with E-state index in [9.17, 15) is 0 Å². The molecule has 0 radical (unpaired) electrons. The Morgan fingerprint density at radius 2 is 1.10 bits per heavy atom. The molecule has 1 aromatic rings. The van der Waals surface area contributed by atoms with Gasteiger partial charge in [-0.15, -0.1) is 9.24 Å². The predicted molar refractivity (Wildman–Crippen MR) is 90.0 cm³/mol. The van der Waals surface area contributed by atoms with Crippen LogP contribution in [0.2, 0.25) is 0 Å². The Morgan fingerprint density at radius 3 is 1.40 bits per heavy atom. The monoisotopic (exact) mass is 300 g/mol. The summed E-state index contributed by atoms with van der Waals surface area (Å²) in [5.41, 5.74) is 0. The van der Waals surface area contributed by atoms with E-state index in [4.69, 9.17) is 0 Å². The van der Waals surface area contributed by atoms with Gasteiger partial charge < -0.3 is 1.43 Å². The molecule has 2 heteroatoms. The van der Waals surface area contributed by atoms with Crippen LogP contribution in [0.5, 0.6) is 0 Å². The minimum atomic E-state index is 0. The van der Waals surface area contributed by atoms with E-state index in [2.05, 4.69) is 9.24 Å². The molecule has 0 saturated heterocycles. The maximum absolute atomic E-state index is 2.63. The van der Waals surface area contributed by atoms with E-state index in [1.807, 2.05) is 30.3 Å². The van der Waals surface area contributed by atoms with E-state index in [-0.39, 0.29) is 31.0 Å². The summed E-state index contributed by atoms with van der Waals surface area (Å²) >= 11 is 0. The third-order valence-electron chi connectivity index (χ3n) is 4.77. The van der Waals surface area contributed by atoms with Crippen molar-refractivity contribution in [3.63, 3.8) is 0 Å². The Bertz CT molecular complexity index is 316. The smallest absolute Gasteiger partial charge is 1.00 e. The second-order valence-electron chi connectivity index (χ2n) is 6.21. The molecule has 0 amide bonds. The Morgan fingerprint density at radius 1 is 0.700 bits per heavy atom. The van der Waals surface area contributed by atoms with Gasteiger partial charge in [-0.25, -0.2) is 0 Å². The molecule has 2 fully saturated rings. The molecule has 0 nitrogen and oxygen atoms in total. The summed E-state index contributed by atoms with van der Waals surface area (Å²) in [6.45, 7) is 0. The molecule has 0 aliphatic heterocycles. The van der Waals surface area contributed by atoms with Gasteiger partial charge in [0.25, 0.3) is 0 Å². The van der Waals surface area contributed by atoms with Gasteiger partial charge in [0, 0.05) is 0 Å². The van der Waals surface area contributed by atoms with E-state index in [0.29, 0.717) is 0 Å². The van der Waals surface area contributed by atoms with Crippen LogP contribution in [0.4, 0.5) is 0 Å². The van der Waals surface area contributed by atoms with Crippen LogP contribution in [-0.4, -0.2) is 0 Å². The van der Waals surface area contributed by atoms with E-state index in [1.165, 1.54) is 43.8 Å². The average molecular weight is 300 g/mol. The van der Waals surface area contributed by atoms with Crippen molar-refractivity contribution >= 4 is 14.5 Å². The molecule has 0 aromatic heterocycles. The van der Waals surface area contributed by atoms with Crippen molar-refractivity contribution in [2.45, 2.75) is 64.2 Å². The topological polar surface area (TPSA) is 0 Å². The van der Waals surface area contributed by atoms with Crippen molar-refractivity contribution in [1.29, 1.82) is 0 Å². The summed E-state index contributed by atoms with van der Waals surface area (Å²) in [6, 6.07) is 10.1. The number of benzene rings is 1. The van der Waals surface area contributed by atoms with Gasteiger partial charge in [0.15, 0.2) is 0 Å². The Labute approximate surface area is 151 Å². The van der Waals surface area contributed by atoms with Crippen LogP contribution in [-0.2, 0) is 0 Å². The summed E-state index contributed by atoms with van der Waals surface area (Å²) in [4.78, 5) is 0. The van der Waals surface area contributed by atoms with Crippen LogP contribution in [0.25, 0.3) is 0 Å². The standard InChI is InChI=1S/C12H22.C6H7P.Na.H/c1-3-7-11(8-4-1)12-9-5-2-6-10-12;7-6-4-2-1-3-5-6;;/h11-12H,1-10H2;1-5H,7H2;;/q;;+1;-1. The fourth-order valence-corrected chi connectivity index (χ4v) is 3.89. The zero-order chi connectivity index (χ0) is 13.3. The second kappa shape index (κ2) is 11.2. The van der Waals surface area contributed by atoms with Crippen molar-refractivity contribution in [3.05, 3.63) is 30.3 Å². The molecule has 2 aliphatic rings. The maximum atomic E-state index is 2.63. The molecule has 1 aromatic carbocycles. The van der Waals surface area contributed by atoms with Gasteiger partial charge >= 0.3 is 29.6 Å². The molecular weight excluding hydrogens is 270 g/mol. The summed E-state index contributed by atoms with van der Waals surface area (Å²) in [6.07, 6.45) is 15.4. The molecule has 0 heterocycles. The SMILES string of the molecule is C1CCC(C2CCCCC2)CC1.Pc1ccccc1.[H-].[Na+]. The number of hydrogen-bond acceptors (Lipinski definition) is 0. The zero-order valence-electron chi connectivity index (χ0n) is 14.2. The first-order valence-corrected chi connectivity index (χ1v) is 8.74. The van der Waals surface area contributed by atoms with E-state index in [1.54, 1.807) is 25.7 Å². The summed E-state index contributed by atoms with van der Waals surface area (Å²) < 4.78 is 0. The molecule has 3 rings (SSSR count). The second-order valence-corrected chi connectivity index (χ2v) is 6.87. The molecule has 2 saturated carbocycles. The van der Waals surface area contributed by atoms with Crippen molar-refractivity contribution in [2.24, 2.45) is 11.8 Å². The van der Waals surface area contributed by atoms with Crippen LogP contribution >= 0.6 is 9.24 Å². The Kier molecular flexibility index (Phi) is 10.5. The first-order chi connectivity index (χ1) is 9.36. The molecule has 0 bridgehead atoms. The molecule has 1 atom stereocenters. The minimum Gasteiger partial charge on any atom is -1.00 e.